The molecule has 0 aliphatic heterocycles. The van der Waals surface area contributed by atoms with Gasteiger partial charge in [0.15, 0.2) is 0 Å². The lowest BCUT2D eigenvalue weighted by atomic mass is 10.3. The highest BCUT2D eigenvalue weighted by molar-refractivity contribution is 4.93. The molecular weight excluding hydrogens is 112 g/mol. The number of aromatic nitrogens is 2. The molecule has 0 N–H and O–H groups in total. The summed E-state index contributed by atoms with van der Waals surface area (Å²) in [6, 6.07) is 0. The van der Waals surface area contributed by atoms with Gasteiger partial charge in [-0.05, 0) is 6.42 Å². The number of nitrogens with zero attached hydrogens (tertiary/aromatic N) is 2. The number of hydrogen-bond acceptors (Lipinski definition) is 2. The summed E-state index contributed by atoms with van der Waals surface area (Å²) in [4.78, 5) is 7.82. The van der Waals surface area contributed by atoms with Gasteiger partial charge in [0, 0.05) is 18.6 Å². The van der Waals surface area contributed by atoms with Crippen molar-refractivity contribution in [3.05, 3.63) is 24.3 Å². The molecule has 0 aliphatic carbocycles. The van der Waals surface area contributed by atoms with E-state index in [2.05, 4.69) is 16.9 Å². The van der Waals surface area contributed by atoms with E-state index in [4.69, 9.17) is 1.37 Å². The summed E-state index contributed by atoms with van der Waals surface area (Å²) in [5.74, 6) is 0. The highest BCUT2D eigenvalue weighted by Gasteiger charge is 1.87. The zero-order valence-corrected chi connectivity index (χ0v) is 5.46. The van der Waals surface area contributed by atoms with Crippen LogP contribution >= 0.6 is 0 Å². The van der Waals surface area contributed by atoms with Crippen molar-refractivity contribution in [1.82, 2.24) is 9.97 Å². The minimum atomic E-state index is 0.310. The molecule has 0 saturated heterocycles. The predicted octanol–water partition coefficient (Wildman–Crippen LogP) is 1.43. The van der Waals surface area contributed by atoms with Gasteiger partial charge in [0.25, 0.3) is 0 Å². The third-order valence-corrected chi connectivity index (χ3v) is 1.05. The van der Waals surface area contributed by atoms with E-state index in [-0.39, 0.29) is 0 Å². The first-order valence-corrected chi connectivity index (χ1v) is 3.11. The van der Waals surface area contributed by atoms with Crippen molar-refractivity contribution in [3.8, 4) is 0 Å². The summed E-state index contributed by atoms with van der Waals surface area (Å²) < 4.78 is 7.30. The Bertz CT molecular complexity index is 213. The fraction of sp³-hybridized carbons (Fsp3) is 0.429. The molecule has 1 heterocycles. The van der Waals surface area contributed by atoms with Gasteiger partial charge in [-0.2, -0.15) is 0 Å². The van der Waals surface area contributed by atoms with E-state index < -0.39 is 0 Å². The predicted molar refractivity (Wildman–Crippen MR) is 36.0 cm³/mol. The lowest BCUT2D eigenvalue weighted by molar-refractivity contribution is 0.870. The maximum atomic E-state index is 7.30. The van der Waals surface area contributed by atoms with Crippen LogP contribution in [0.4, 0.5) is 0 Å². The Kier molecular flexibility index (Phi) is 1.73. The van der Waals surface area contributed by atoms with Gasteiger partial charge in [-0.25, -0.2) is 0 Å². The van der Waals surface area contributed by atoms with Crippen molar-refractivity contribution >= 4 is 0 Å². The molecule has 1 aromatic rings. The van der Waals surface area contributed by atoms with Crippen LogP contribution in [-0.4, -0.2) is 9.97 Å². The second-order valence-corrected chi connectivity index (χ2v) is 1.86. The van der Waals surface area contributed by atoms with E-state index in [0.717, 1.165) is 18.5 Å². The Morgan fingerprint density at radius 3 is 3.22 bits per heavy atom. The summed E-state index contributed by atoms with van der Waals surface area (Å²) in [5, 5.41) is 0. The van der Waals surface area contributed by atoms with E-state index in [0.29, 0.717) is 6.17 Å². The van der Waals surface area contributed by atoms with Crippen molar-refractivity contribution in [3.63, 3.8) is 0 Å². The van der Waals surface area contributed by atoms with Crippen LogP contribution in [0.3, 0.4) is 0 Å². The van der Waals surface area contributed by atoms with Crippen molar-refractivity contribution in [2.45, 2.75) is 19.8 Å². The molecule has 0 saturated carbocycles. The summed E-state index contributed by atoms with van der Waals surface area (Å²) in [6.07, 6.45) is 5.35. The Morgan fingerprint density at radius 1 is 1.67 bits per heavy atom. The first kappa shape index (κ1) is 4.91. The molecule has 0 radical (unpaired) electrons. The van der Waals surface area contributed by atoms with Gasteiger partial charge in [0.05, 0.1) is 7.06 Å². The smallest absolute Gasteiger partial charge is 0.0860 e. The second kappa shape index (κ2) is 3.17. The quantitative estimate of drug-likeness (QED) is 0.594. The minimum absolute atomic E-state index is 0.310. The average Bonchev–Trinajstić information content (AvgIpc) is 1.94. The molecule has 0 spiro atoms. The molecule has 0 fully saturated rings. The fourth-order valence-corrected chi connectivity index (χ4v) is 0.655. The standard InChI is InChI=1S/C7H10N2/c1-2-3-7-6-8-4-5-9-7/h4-6H,2-3H2,1H3/i6D. The van der Waals surface area contributed by atoms with Gasteiger partial charge < -0.3 is 0 Å². The van der Waals surface area contributed by atoms with Crippen molar-refractivity contribution in [2.75, 3.05) is 0 Å². The summed E-state index contributed by atoms with van der Waals surface area (Å²) in [5.41, 5.74) is 0.796. The molecule has 2 heteroatoms. The van der Waals surface area contributed by atoms with Crippen LogP contribution in [0.2, 0.25) is 0 Å². The summed E-state index contributed by atoms with van der Waals surface area (Å²) in [6.45, 7) is 2.06. The van der Waals surface area contributed by atoms with Crippen LogP contribution in [0.15, 0.2) is 18.6 Å². The monoisotopic (exact) mass is 123 g/mol. The average molecular weight is 123 g/mol. The molecule has 0 aromatic carbocycles. The molecule has 0 unspecified atom stereocenters. The molecule has 9 heavy (non-hydrogen) atoms. The lowest BCUT2D eigenvalue weighted by Crippen LogP contribution is -1.87. The van der Waals surface area contributed by atoms with Gasteiger partial charge in [0.1, 0.15) is 0 Å². The van der Waals surface area contributed by atoms with Gasteiger partial charge in [-0.15, -0.1) is 0 Å². The van der Waals surface area contributed by atoms with Gasteiger partial charge in [-0.3, -0.25) is 9.97 Å². The Labute approximate surface area is 56.4 Å². The van der Waals surface area contributed by atoms with Crippen LogP contribution in [0.5, 0.6) is 0 Å². The van der Waals surface area contributed by atoms with Crippen molar-refractivity contribution < 1.29 is 1.37 Å². The lowest BCUT2D eigenvalue weighted by Gasteiger charge is -1.91. The zero-order valence-electron chi connectivity index (χ0n) is 6.46. The minimum Gasteiger partial charge on any atom is -0.261 e. The third kappa shape index (κ3) is 1.80. The molecule has 0 bridgehead atoms. The molecular formula is C7H10N2. The number of rotatable bonds is 2. The van der Waals surface area contributed by atoms with Crippen molar-refractivity contribution in [1.29, 1.82) is 0 Å². The SMILES string of the molecule is [2H]c1nccnc1CCC. The second-order valence-electron chi connectivity index (χ2n) is 1.86. The fourth-order valence-electron chi connectivity index (χ4n) is 0.655. The zero-order chi connectivity index (χ0) is 7.40. The number of hydrogen-bond donors (Lipinski definition) is 0. The Hall–Kier alpha value is -0.920. The van der Waals surface area contributed by atoms with E-state index in [1.54, 1.807) is 12.4 Å². The van der Waals surface area contributed by atoms with Crippen LogP contribution in [0.1, 0.15) is 20.4 Å². The molecule has 1 aromatic heterocycles. The highest BCUT2D eigenvalue weighted by Crippen LogP contribution is 1.93. The third-order valence-electron chi connectivity index (χ3n) is 1.05. The van der Waals surface area contributed by atoms with Crippen LogP contribution < -0.4 is 0 Å². The van der Waals surface area contributed by atoms with E-state index in [1.807, 2.05) is 0 Å². The van der Waals surface area contributed by atoms with Gasteiger partial charge in [-0.1, -0.05) is 13.3 Å². The maximum Gasteiger partial charge on any atom is 0.0860 e. The normalized spacial score (nSPS) is 11.0. The largest absolute Gasteiger partial charge is 0.261 e. The first-order valence-electron chi connectivity index (χ1n) is 3.61. The molecule has 0 aliphatic rings. The summed E-state index contributed by atoms with van der Waals surface area (Å²) in [7, 11) is 0. The molecule has 48 valence electrons. The molecule has 0 atom stereocenters. The van der Waals surface area contributed by atoms with Crippen molar-refractivity contribution in [2.24, 2.45) is 0 Å². The summed E-state index contributed by atoms with van der Waals surface area (Å²) >= 11 is 0. The molecule has 0 amide bonds. The molecule has 2 nitrogen and oxygen atoms in total. The van der Waals surface area contributed by atoms with E-state index >= 15 is 0 Å². The Morgan fingerprint density at radius 2 is 2.56 bits per heavy atom. The van der Waals surface area contributed by atoms with Crippen LogP contribution in [0.25, 0.3) is 0 Å². The van der Waals surface area contributed by atoms with Gasteiger partial charge in [0.2, 0.25) is 0 Å². The maximum absolute atomic E-state index is 7.30. The van der Waals surface area contributed by atoms with Gasteiger partial charge >= 0.3 is 0 Å². The highest BCUT2D eigenvalue weighted by atomic mass is 14.8. The molecule has 1 rings (SSSR count). The topological polar surface area (TPSA) is 25.8 Å². The van der Waals surface area contributed by atoms with Crippen LogP contribution in [-0.2, 0) is 6.42 Å². The number of aryl methyl sites for hydroxylation is 1. The van der Waals surface area contributed by atoms with E-state index in [9.17, 15) is 0 Å². The van der Waals surface area contributed by atoms with E-state index in [1.165, 1.54) is 0 Å². The first-order chi connectivity index (χ1) is 4.84. The Balaban J connectivity index is 2.81. The van der Waals surface area contributed by atoms with Crippen LogP contribution in [0, 0.1) is 0 Å².